The Labute approximate surface area is 99.4 Å². The van der Waals surface area contributed by atoms with Crippen LogP contribution >= 0.6 is 0 Å². The van der Waals surface area contributed by atoms with Crippen molar-refractivity contribution in [2.75, 3.05) is 39.0 Å². The Balaban J connectivity index is 1.99. The summed E-state index contributed by atoms with van der Waals surface area (Å²) in [4.78, 5) is 13.0. The van der Waals surface area contributed by atoms with Crippen LogP contribution in [0.1, 0.15) is 13.3 Å². The second-order valence-corrected chi connectivity index (χ2v) is 5.87. The minimum atomic E-state index is -0.738. The maximum Gasteiger partial charge on any atom is 0.317 e. The van der Waals surface area contributed by atoms with Gasteiger partial charge in [-0.05, 0) is 13.0 Å². The van der Waals surface area contributed by atoms with Crippen molar-refractivity contribution in [3.8, 4) is 0 Å². The van der Waals surface area contributed by atoms with E-state index < -0.39 is 10.8 Å². The van der Waals surface area contributed by atoms with Gasteiger partial charge in [0.1, 0.15) is 0 Å². The highest BCUT2D eigenvalue weighted by atomic mass is 32.2. The predicted molar refractivity (Wildman–Crippen MR) is 66.0 cm³/mol. The van der Waals surface area contributed by atoms with Crippen molar-refractivity contribution < 1.29 is 9.00 Å². The normalized spacial score (nSPS) is 19.6. The zero-order chi connectivity index (χ0) is 12.0. The maximum absolute atomic E-state index is 11.2. The molecule has 0 aromatic heterocycles. The quantitative estimate of drug-likeness (QED) is 0.610. The third kappa shape index (κ3) is 4.49. The summed E-state index contributed by atoms with van der Waals surface area (Å²) in [5, 5.41) is 6.26. The molecule has 0 aliphatic carbocycles. The number of urea groups is 1. The van der Waals surface area contributed by atoms with Crippen LogP contribution in [0.2, 0.25) is 0 Å². The number of hydrogen-bond donors (Lipinski definition) is 2. The van der Waals surface area contributed by atoms with E-state index in [1.807, 2.05) is 6.92 Å². The van der Waals surface area contributed by atoms with Crippen molar-refractivity contribution in [2.24, 2.45) is 0 Å². The van der Waals surface area contributed by atoms with E-state index >= 15 is 0 Å². The van der Waals surface area contributed by atoms with Crippen LogP contribution < -0.4 is 10.6 Å². The van der Waals surface area contributed by atoms with Crippen LogP contribution in [0.25, 0.3) is 0 Å². The maximum atomic E-state index is 11.2. The van der Waals surface area contributed by atoms with Crippen molar-refractivity contribution in [3.05, 3.63) is 0 Å². The van der Waals surface area contributed by atoms with Gasteiger partial charge >= 0.3 is 6.03 Å². The number of nitrogens with zero attached hydrogens (tertiary/aromatic N) is 1. The summed E-state index contributed by atoms with van der Waals surface area (Å²) in [5.74, 6) is 0. The van der Waals surface area contributed by atoms with Gasteiger partial charge in [-0.3, -0.25) is 4.21 Å². The molecule has 1 aliphatic rings. The van der Waals surface area contributed by atoms with Gasteiger partial charge < -0.3 is 15.5 Å². The van der Waals surface area contributed by atoms with Gasteiger partial charge in [0.05, 0.1) is 0 Å². The van der Waals surface area contributed by atoms with Crippen LogP contribution in [-0.2, 0) is 10.8 Å². The Morgan fingerprint density at radius 2 is 2.31 bits per heavy atom. The van der Waals surface area contributed by atoms with E-state index in [4.69, 9.17) is 0 Å². The minimum absolute atomic E-state index is 0.0322. The smallest absolute Gasteiger partial charge is 0.317 e. The largest absolute Gasteiger partial charge is 0.336 e. The third-order valence-corrected chi connectivity index (χ3v) is 4.17. The molecule has 0 bridgehead atoms. The van der Waals surface area contributed by atoms with Crippen molar-refractivity contribution >= 4 is 16.8 Å². The summed E-state index contributed by atoms with van der Waals surface area (Å²) in [5.41, 5.74) is 0. The summed E-state index contributed by atoms with van der Waals surface area (Å²) < 4.78 is 11.1. The molecule has 1 rings (SSSR count). The number of carbonyl (C=O) groups excluding carboxylic acids is 1. The topological polar surface area (TPSA) is 61.4 Å². The highest BCUT2D eigenvalue weighted by Crippen LogP contribution is 1.97. The monoisotopic (exact) mass is 247 g/mol. The first-order valence-corrected chi connectivity index (χ1v) is 7.29. The van der Waals surface area contributed by atoms with Gasteiger partial charge in [0.2, 0.25) is 0 Å². The van der Waals surface area contributed by atoms with Gasteiger partial charge in [0, 0.05) is 48.5 Å². The van der Waals surface area contributed by atoms with Crippen molar-refractivity contribution in [1.82, 2.24) is 15.5 Å². The Kier molecular flexibility index (Phi) is 5.76. The van der Waals surface area contributed by atoms with E-state index in [1.54, 1.807) is 11.2 Å². The third-order valence-electron chi connectivity index (χ3n) is 2.80. The summed E-state index contributed by atoms with van der Waals surface area (Å²) in [6, 6.07) is 0.0322. The molecular weight excluding hydrogens is 226 g/mol. The molecule has 94 valence electrons. The van der Waals surface area contributed by atoms with Crippen molar-refractivity contribution in [1.29, 1.82) is 0 Å². The summed E-state index contributed by atoms with van der Waals surface area (Å²) >= 11 is 0. The molecule has 6 heteroatoms. The van der Waals surface area contributed by atoms with Gasteiger partial charge in [0.25, 0.3) is 0 Å². The van der Waals surface area contributed by atoms with Crippen LogP contribution in [0.15, 0.2) is 0 Å². The van der Waals surface area contributed by atoms with Crippen molar-refractivity contribution in [3.63, 3.8) is 0 Å². The molecule has 0 aromatic rings. The van der Waals surface area contributed by atoms with Gasteiger partial charge in [-0.15, -0.1) is 0 Å². The fourth-order valence-electron chi connectivity index (χ4n) is 1.53. The van der Waals surface area contributed by atoms with Crippen LogP contribution in [0.4, 0.5) is 4.79 Å². The molecule has 2 atom stereocenters. The standard InChI is InChI=1S/C10H21N3O2S/c1-9(16(2)15)3-4-11-5-7-13-8-6-12-10(13)14/h9,11H,3-8H2,1-2H3,(H,12,14). The molecule has 0 saturated carbocycles. The van der Waals surface area contributed by atoms with Gasteiger partial charge in [-0.25, -0.2) is 4.79 Å². The highest BCUT2D eigenvalue weighted by molar-refractivity contribution is 7.84. The molecule has 2 amide bonds. The molecule has 0 radical (unpaired) electrons. The van der Waals surface area contributed by atoms with E-state index in [2.05, 4.69) is 10.6 Å². The molecular formula is C10H21N3O2S. The second kappa shape index (κ2) is 6.85. The lowest BCUT2D eigenvalue weighted by Crippen LogP contribution is -2.35. The number of amides is 2. The molecule has 1 aliphatic heterocycles. The fourth-order valence-corrected chi connectivity index (χ4v) is 1.98. The Bertz CT molecular complexity index is 260. The fraction of sp³-hybridized carbons (Fsp3) is 0.900. The Hall–Kier alpha value is -0.620. The SMILES string of the molecule is CC(CCNCCN1CCNC1=O)S(C)=O. The van der Waals surface area contributed by atoms with E-state index in [9.17, 15) is 9.00 Å². The first-order chi connectivity index (χ1) is 7.61. The number of nitrogens with one attached hydrogen (secondary N) is 2. The molecule has 2 unspecified atom stereocenters. The van der Waals surface area contributed by atoms with Crippen LogP contribution in [0.3, 0.4) is 0 Å². The van der Waals surface area contributed by atoms with Crippen LogP contribution in [0.5, 0.6) is 0 Å². The van der Waals surface area contributed by atoms with Crippen LogP contribution in [-0.4, -0.2) is 59.4 Å². The molecule has 0 aromatic carbocycles. The zero-order valence-electron chi connectivity index (χ0n) is 9.99. The molecule has 1 saturated heterocycles. The average molecular weight is 247 g/mol. The first kappa shape index (κ1) is 13.4. The summed E-state index contributed by atoms with van der Waals surface area (Å²) in [6.07, 6.45) is 2.65. The van der Waals surface area contributed by atoms with Gasteiger partial charge in [-0.2, -0.15) is 0 Å². The van der Waals surface area contributed by atoms with E-state index in [0.29, 0.717) is 0 Å². The lowest BCUT2D eigenvalue weighted by atomic mass is 10.3. The highest BCUT2D eigenvalue weighted by Gasteiger charge is 2.17. The Morgan fingerprint density at radius 1 is 1.56 bits per heavy atom. The number of carbonyl (C=O) groups is 1. The van der Waals surface area contributed by atoms with Gasteiger partial charge in [-0.1, -0.05) is 6.92 Å². The summed E-state index contributed by atoms with van der Waals surface area (Å²) in [6.45, 7) is 5.95. The number of hydrogen-bond acceptors (Lipinski definition) is 3. The summed E-state index contributed by atoms with van der Waals surface area (Å²) in [7, 11) is -0.738. The minimum Gasteiger partial charge on any atom is -0.336 e. The second-order valence-electron chi connectivity index (χ2n) is 4.07. The molecule has 2 N–H and O–H groups in total. The molecule has 1 fully saturated rings. The van der Waals surface area contributed by atoms with E-state index in [-0.39, 0.29) is 11.3 Å². The lowest BCUT2D eigenvalue weighted by Gasteiger charge is -2.15. The Morgan fingerprint density at radius 3 is 2.88 bits per heavy atom. The average Bonchev–Trinajstić information content (AvgIpc) is 2.63. The van der Waals surface area contributed by atoms with Gasteiger partial charge in [0.15, 0.2) is 0 Å². The lowest BCUT2D eigenvalue weighted by molar-refractivity contribution is 0.217. The van der Waals surface area contributed by atoms with Crippen LogP contribution in [0, 0.1) is 0 Å². The first-order valence-electron chi connectivity index (χ1n) is 5.67. The molecule has 1 heterocycles. The van der Waals surface area contributed by atoms with Crippen molar-refractivity contribution in [2.45, 2.75) is 18.6 Å². The zero-order valence-corrected chi connectivity index (χ0v) is 10.8. The number of rotatable bonds is 7. The molecule has 5 nitrogen and oxygen atoms in total. The molecule has 16 heavy (non-hydrogen) atoms. The molecule has 0 spiro atoms. The predicted octanol–water partition coefficient (Wildman–Crippen LogP) is -0.242. The van der Waals surface area contributed by atoms with E-state index in [1.165, 1.54) is 0 Å². The van der Waals surface area contributed by atoms with E-state index in [0.717, 1.165) is 39.1 Å².